The van der Waals surface area contributed by atoms with Crippen LogP contribution in [0.1, 0.15) is 26.7 Å². The van der Waals surface area contributed by atoms with Crippen molar-refractivity contribution in [3.8, 4) is 0 Å². The largest absolute Gasteiger partial charge is 0.338 e. The van der Waals surface area contributed by atoms with Crippen molar-refractivity contribution < 1.29 is 25.2 Å². The van der Waals surface area contributed by atoms with E-state index in [2.05, 4.69) is 0 Å². The summed E-state index contributed by atoms with van der Waals surface area (Å²) in [5.74, 6) is 0. The Labute approximate surface area is 121 Å². The van der Waals surface area contributed by atoms with Crippen LogP contribution in [0.5, 0.6) is 0 Å². The molecule has 10 heteroatoms. The average molecular weight is 330 g/mol. The molecule has 0 aromatic heterocycles. The van der Waals surface area contributed by atoms with E-state index in [-0.39, 0.29) is 39.4 Å². The van der Waals surface area contributed by atoms with Gasteiger partial charge in [0.05, 0.1) is 13.2 Å². The lowest BCUT2D eigenvalue weighted by atomic mass is 10.4. The van der Waals surface area contributed by atoms with Crippen molar-refractivity contribution in [2.45, 2.75) is 26.7 Å². The van der Waals surface area contributed by atoms with Crippen molar-refractivity contribution in [2.24, 2.45) is 0 Å². The van der Waals surface area contributed by atoms with Crippen molar-refractivity contribution in [3.05, 3.63) is 0 Å². The fraction of sp³-hybridized carbons (Fsp3) is 1.00. The van der Waals surface area contributed by atoms with Gasteiger partial charge in [0.1, 0.15) is 0 Å². The maximum Gasteiger partial charge on any atom is 0.338 e. The van der Waals surface area contributed by atoms with E-state index in [1.54, 1.807) is 0 Å². The smallest absolute Gasteiger partial charge is 0.258 e. The molecule has 20 heavy (non-hydrogen) atoms. The number of hydrogen-bond acceptors (Lipinski definition) is 6. The van der Waals surface area contributed by atoms with Crippen molar-refractivity contribution >= 4 is 20.6 Å². The summed E-state index contributed by atoms with van der Waals surface area (Å²) >= 11 is 0. The summed E-state index contributed by atoms with van der Waals surface area (Å²) in [6.07, 6.45) is 1.19. The lowest BCUT2D eigenvalue weighted by Crippen LogP contribution is -2.51. The van der Waals surface area contributed by atoms with Crippen molar-refractivity contribution in [2.75, 3.05) is 39.4 Å². The molecule has 120 valence electrons. The van der Waals surface area contributed by atoms with Gasteiger partial charge in [-0.25, -0.2) is 0 Å². The molecule has 0 spiro atoms. The first kappa shape index (κ1) is 17.8. The van der Waals surface area contributed by atoms with E-state index in [1.807, 2.05) is 13.8 Å². The number of hydrogen-bond donors (Lipinski definition) is 0. The Morgan fingerprint density at radius 2 is 1.05 bits per heavy atom. The molecule has 8 nitrogen and oxygen atoms in total. The van der Waals surface area contributed by atoms with E-state index in [0.717, 1.165) is 8.61 Å². The van der Waals surface area contributed by atoms with Gasteiger partial charge in [-0.15, -0.1) is 0 Å². The van der Waals surface area contributed by atoms with Crippen LogP contribution >= 0.6 is 0 Å². The van der Waals surface area contributed by atoms with Gasteiger partial charge in [0.15, 0.2) is 0 Å². The van der Waals surface area contributed by atoms with Crippen molar-refractivity contribution in [3.63, 3.8) is 0 Å². The lowest BCUT2D eigenvalue weighted by molar-refractivity contribution is 0.202. The lowest BCUT2D eigenvalue weighted by Gasteiger charge is -2.32. The topological polar surface area (TPSA) is 93.2 Å². The highest BCUT2D eigenvalue weighted by Crippen LogP contribution is 2.13. The summed E-state index contributed by atoms with van der Waals surface area (Å²) in [4.78, 5) is 0. The minimum atomic E-state index is -3.76. The van der Waals surface area contributed by atoms with Crippen molar-refractivity contribution in [1.82, 2.24) is 8.61 Å². The summed E-state index contributed by atoms with van der Waals surface area (Å²) in [5, 5.41) is 0. The summed E-state index contributed by atoms with van der Waals surface area (Å²) in [6, 6.07) is 0. The monoisotopic (exact) mass is 330 g/mol. The second kappa shape index (κ2) is 7.66. The highest BCUT2D eigenvalue weighted by Gasteiger charge is 2.32. The van der Waals surface area contributed by atoms with Gasteiger partial charge in [-0.3, -0.25) is 8.37 Å². The Bertz CT molecular complexity index is 436. The van der Waals surface area contributed by atoms with Crippen LogP contribution in [0.15, 0.2) is 0 Å². The van der Waals surface area contributed by atoms with Crippen LogP contribution in [0.3, 0.4) is 0 Å². The molecule has 0 radical (unpaired) electrons. The summed E-state index contributed by atoms with van der Waals surface area (Å²) in [5.41, 5.74) is 0. The maximum atomic E-state index is 11.8. The fourth-order valence-electron chi connectivity index (χ4n) is 1.64. The molecule has 0 aromatic rings. The second-order valence-electron chi connectivity index (χ2n) is 4.36. The van der Waals surface area contributed by atoms with Crippen LogP contribution in [0.25, 0.3) is 0 Å². The third-order valence-electron chi connectivity index (χ3n) is 2.70. The summed E-state index contributed by atoms with van der Waals surface area (Å²) in [7, 11) is -7.52. The molecule has 0 aromatic carbocycles. The Morgan fingerprint density at radius 1 is 0.750 bits per heavy atom. The quantitative estimate of drug-likeness (QED) is 0.619. The van der Waals surface area contributed by atoms with Crippen LogP contribution < -0.4 is 0 Å². The molecule has 0 aliphatic carbocycles. The number of rotatable bonds is 8. The minimum absolute atomic E-state index is 0.0702. The van der Waals surface area contributed by atoms with Crippen LogP contribution in [-0.2, 0) is 29.0 Å². The molecular formula is C10H22N2O6S2. The van der Waals surface area contributed by atoms with Gasteiger partial charge >= 0.3 is 20.6 Å². The molecule has 0 bridgehead atoms. The highest BCUT2D eigenvalue weighted by atomic mass is 32.2. The molecule has 0 N–H and O–H groups in total. The Hall–Kier alpha value is -0.260. The molecule has 1 heterocycles. The molecule has 0 saturated carbocycles. The first-order valence-corrected chi connectivity index (χ1v) is 9.35. The van der Waals surface area contributed by atoms with Crippen LogP contribution in [0.2, 0.25) is 0 Å². The maximum absolute atomic E-state index is 11.8. The van der Waals surface area contributed by atoms with Gasteiger partial charge in [0.2, 0.25) is 0 Å². The molecular weight excluding hydrogens is 308 g/mol. The van der Waals surface area contributed by atoms with Gasteiger partial charge in [-0.1, -0.05) is 13.8 Å². The number of nitrogens with zero attached hydrogens (tertiary/aromatic N) is 2. The van der Waals surface area contributed by atoms with Gasteiger partial charge in [-0.2, -0.15) is 25.4 Å². The zero-order valence-electron chi connectivity index (χ0n) is 11.8. The van der Waals surface area contributed by atoms with Gasteiger partial charge in [-0.05, 0) is 12.8 Å². The third-order valence-corrected chi connectivity index (χ3v) is 5.63. The Kier molecular flexibility index (Phi) is 6.82. The van der Waals surface area contributed by atoms with E-state index < -0.39 is 20.6 Å². The molecule has 0 atom stereocenters. The van der Waals surface area contributed by atoms with Crippen LogP contribution in [0, 0.1) is 0 Å². The molecule has 1 rings (SSSR count). The zero-order chi connectivity index (χ0) is 15.2. The van der Waals surface area contributed by atoms with Gasteiger partial charge in [0.25, 0.3) is 0 Å². The molecule has 1 saturated heterocycles. The van der Waals surface area contributed by atoms with Crippen LogP contribution in [-0.4, -0.2) is 64.8 Å². The molecule has 0 unspecified atom stereocenters. The highest BCUT2D eigenvalue weighted by molar-refractivity contribution is 7.84. The first-order valence-electron chi connectivity index (χ1n) is 6.62. The predicted octanol–water partition coefficient (Wildman–Crippen LogP) is -0.0532. The van der Waals surface area contributed by atoms with E-state index in [4.69, 9.17) is 8.37 Å². The Balaban J connectivity index is 2.55. The standard InChI is InChI=1S/C10H22N2O6S2/c1-3-9-17-19(13,14)11-5-7-12(8-6-11)20(15,16)18-10-4-2/h3-10H2,1-2H3. The van der Waals surface area contributed by atoms with E-state index in [1.165, 1.54) is 0 Å². The van der Waals surface area contributed by atoms with Gasteiger partial charge < -0.3 is 0 Å². The van der Waals surface area contributed by atoms with Gasteiger partial charge in [0, 0.05) is 26.2 Å². The molecule has 1 fully saturated rings. The molecule has 1 aliphatic heterocycles. The normalized spacial score (nSPS) is 19.3. The van der Waals surface area contributed by atoms with Crippen molar-refractivity contribution in [1.29, 1.82) is 0 Å². The van der Waals surface area contributed by atoms with E-state index in [9.17, 15) is 16.8 Å². The fourth-order valence-corrected chi connectivity index (χ4v) is 3.92. The number of piperazine rings is 1. The zero-order valence-corrected chi connectivity index (χ0v) is 13.5. The molecule has 0 amide bonds. The van der Waals surface area contributed by atoms with E-state index >= 15 is 0 Å². The summed E-state index contributed by atoms with van der Waals surface area (Å²) in [6.45, 7) is 4.15. The minimum Gasteiger partial charge on any atom is -0.258 e. The predicted molar refractivity (Wildman–Crippen MR) is 73.5 cm³/mol. The van der Waals surface area contributed by atoms with E-state index in [0.29, 0.717) is 12.8 Å². The molecule has 1 aliphatic rings. The summed E-state index contributed by atoms with van der Waals surface area (Å²) < 4.78 is 59.0. The Morgan fingerprint density at radius 3 is 1.30 bits per heavy atom. The SMILES string of the molecule is CCCOS(=O)(=O)N1CCN(S(=O)(=O)OCCC)CC1. The third kappa shape index (κ3) is 4.93. The average Bonchev–Trinajstić information content (AvgIpc) is 2.43. The second-order valence-corrected chi connectivity index (χ2v) is 7.57. The first-order chi connectivity index (χ1) is 9.33. The van der Waals surface area contributed by atoms with Crippen LogP contribution in [0.4, 0.5) is 0 Å².